The Kier molecular flexibility index (Phi) is 8.20. The van der Waals surface area contributed by atoms with Crippen molar-refractivity contribution in [3.63, 3.8) is 0 Å². The van der Waals surface area contributed by atoms with Gasteiger partial charge in [0, 0.05) is 40.2 Å². The molecule has 0 spiro atoms. The van der Waals surface area contributed by atoms with E-state index in [1.807, 2.05) is 7.05 Å². The fourth-order valence-electron chi connectivity index (χ4n) is 4.30. The normalized spacial score (nSPS) is 18.7. The summed E-state index contributed by atoms with van der Waals surface area (Å²) in [5, 5.41) is 6.22. The lowest BCUT2D eigenvalue weighted by Gasteiger charge is -2.34. The maximum atomic E-state index is 11.6. The summed E-state index contributed by atoms with van der Waals surface area (Å²) in [7, 11) is 3.55. The number of piperidine rings is 1. The van der Waals surface area contributed by atoms with E-state index in [1.54, 1.807) is 7.05 Å². The molecule has 1 saturated heterocycles. The van der Waals surface area contributed by atoms with E-state index in [4.69, 9.17) is 4.74 Å². The summed E-state index contributed by atoms with van der Waals surface area (Å²) in [5.41, 5.74) is 1.30. The molecule has 0 atom stereocenters. The second kappa shape index (κ2) is 11.1. The molecule has 1 heterocycles. The first-order valence-corrected chi connectivity index (χ1v) is 11.1. The molecular weight excluding hydrogens is 364 g/mol. The minimum atomic E-state index is 0.144. The number of nitrogens with one attached hydrogen (secondary N) is 2. The largest absolute Gasteiger partial charge is 0.490 e. The Bertz CT molecular complexity index is 660. The average molecular weight is 401 g/mol. The van der Waals surface area contributed by atoms with Crippen LogP contribution < -0.4 is 15.4 Å². The number of guanidine groups is 1. The maximum absolute atomic E-state index is 11.6. The highest BCUT2D eigenvalue weighted by Crippen LogP contribution is 2.24. The SMILES string of the molecule is CN=C(NCCc1ccc(OC2CCCC2)cc1)N1CCC(CC(=O)NC)CC1. The Balaban J connectivity index is 1.38. The monoisotopic (exact) mass is 400 g/mol. The van der Waals surface area contributed by atoms with Crippen molar-refractivity contribution in [1.29, 1.82) is 0 Å². The van der Waals surface area contributed by atoms with Crippen LogP contribution in [0.5, 0.6) is 5.75 Å². The summed E-state index contributed by atoms with van der Waals surface area (Å²) < 4.78 is 6.04. The van der Waals surface area contributed by atoms with Crippen molar-refractivity contribution < 1.29 is 9.53 Å². The van der Waals surface area contributed by atoms with Crippen LogP contribution in [0.4, 0.5) is 0 Å². The summed E-state index contributed by atoms with van der Waals surface area (Å²) in [5.74, 6) is 2.58. The third-order valence-electron chi connectivity index (χ3n) is 6.10. The number of ether oxygens (including phenoxy) is 1. The fraction of sp³-hybridized carbons (Fsp3) is 0.652. The van der Waals surface area contributed by atoms with Gasteiger partial charge in [0.05, 0.1) is 6.10 Å². The van der Waals surface area contributed by atoms with Gasteiger partial charge in [-0.25, -0.2) is 0 Å². The summed E-state index contributed by atoms with van der Waals surface area (Å²) in [6.07, 6.45) is 9.04. The van der Waals surface area contributed by atoms with Crippen molar-refractivity contribution in [2.45, 2.75) is 57.5 Å². The first-order chi connectivity index (χ1) is 14.2. The maximum Gasteiger partial charge on any atom is 0.220 e. The molecule has 2 N–H and O–H groups in total. The van der Waals surface area contributed by atoms with Gasteiger partial charge in [-0.2, -0.15) is 0 Å². The summed E-state index contributed by atoms with van der Waals surface area (Å²) in [6, 6.07) is 8.53. The average Bonchev–Trinajstić information content (AvgIpc) is 3.26. The summed E-state index contributed by atoms with van der Waals surface area (Å²) in [6.45, 7) is 2.76. The zero-order chi connectivity index (χ0) is 20.5. The minimum absolute atomic E-state index is 0.144. The Morgan fingerprint density at radius 2 is 1.83 bits per heavy atom. The molecule has 2 fully saturated rings. The first-order valence-electron chi connectivity index (χ1n) is 11.1. The molecule has 160 valence electrons. The van der Waals surface area contributed by atoms with Gasteiger partial charge >= 0.3 is 0 Å². The van der Waals surface area contributed by atoms with Crippen LogP contribution in [0.25, 0.3) is 0 Å². The van der Waals surface area contributed by atoms with Gasteiger partial charge in [-0.05, 0) is 68.6 Å². The van der Waals surface area contributed by atoms with Crippen molar-refractivity contribution in [3.8, 4) is 5.75 Å². The standard InChI is InChI=1S/C23H36N4O2/c1-24-22(28)17-19-12-15-27(16-13-19)23(25-2)26-14-11-18-7-9-21(10-8-18)29-20-5-3-4-6-20/h7-10,19-20H,3-6,11-17H2,1-2H3,(H,24,28)(H,25,26). The second-order valence-electron chi connectivity index (χ2n) is 8.20. The topological polar surface area (TPSA) is 66.0 Å². The zero-order valence-corrected chi connectivity index (χ0v) is 18.0. The molecule has 1 aliphatic heterocycles. The van der Waals surface area contributed by atoms with E-state index >= 15 is 0 Å². The lowest BCUT2D eigenvalue weighted by atomic mass is 9.93. The molecule has 6 heteroatoms. The van der Waals surface area contributed by atoms with Gasteiger partial charge in [0.15, 0.2) is 5.96 Å². The lowest BCUT2D eigenvalue weighted by Crippen LogP contribution is -2.46. The smallest absolute Gasteiger partial charge is 0.220 e. The van der Waals surface area contributed by atoms with E-state index in [-0.39, 0.29) is 5.91 Å². The molecule has 6 nitrogen and oxygen atoms in total. The van der Waals surface area contributed by atoms with Gasteiger partial charge in [-0.15, -0.1) is 0 Å². The van der Waals surface area contributed by atoms with Crippen LogP contribution in [-0.2, 0) is 11.2 Å². The Morgan fingerprint density at radius 1 is 1.14 bits per heavy atom. The third kappa shape index (κ3) is 6.65. The molecule has 0 unspecified atom stereocenters. The highest BCUT2D eigenvalue weighted by atomic mass is 16.5. The van der Waals surface area contributed by atoms with Gasteiger partial charge < -0.3 is 20.3 Å². The number of carbonyl (C=O) groups is 1. The van der Waals surface area contributed by atoms with Gasteiger partial charge in [0.1, 0.15) is 5.75 Å². The number of nitrogens with zero attached hydrogens (tertiary/aromatic N) is 2. The molecule has 1 aromatic rings. The number of likely N-dealkylation sites (tertiary alicyclic amines) is 1. The van der Waals surface area contributed by atoms with E-state index in [2.05, 4.69) is 44.8 Å². The van der Waals surface area contributed by atoms with E-state index in [1.165, 1.54) is 31.2 Å². The highest BCUT2D eigenvalue weighted by Gasteiger charge is 2.23. The van der Waals surface area contributed by atoms with Crippen molar-refractivity contribution >= 4 is 11.9 Å². The minimum Gasteiger partial charge on any atom is -0.490 e. The van der Waals surface area contributed by atoms with Gasteiger partial charge in [0.2, 0.25) is 5.91 Å². The Morgan fingerprint density at radius 3 is 2.45 bits per heavy atom. The molecule has 0 bridgehead atoms. The molecule has 0 radical (unpaired) electrons. The number of aliphatic imine (C=N–C) groups is 1. The summed E-state index contributed by atoms with van der Waals surface area (Å²) >= 11 is 0. The van der Waals surface area contributed by atoms with Crippen LogP contribution in [0.3, 0.4) is 0 Å². The van der Waals surface area contributed by atoms with E-state index in [0.29, 0.717) is 18.4 Å². The van der Waals surface area contributed by atoms with Crippen LogP contribution in [0.15, 0.2) is 29.3 Å². The number of benzene rings is 1. The van der Waals surface area contributed by atoms with Crippen molar-refractivity contribution in [1.82, 2.24) is 15.5 Å². The Labute approximate surface area is 175 Å². The van der Waals surface area contributed by atoms with Crippen LogP contribution in [-0.4, -0.2) is 56.6 Å². The van der Waals surface area contributed by atoms with Gasteiger partial charge in [-0.1, -0.05) is 12.1 Å². The number of hydrogen-bond donors (Lipinski definition) is 2. The Hall–Kier alpha value is -2.24. The molecule has 0 aromatic heterocycles. The van der Waals surface area contributed by atoms with Crippen molar-refractivity contribution in [3.05, 3.63) is 29.8 Å². The lowest BCUT2D eigenvalue weighted by molar-refractivity contribution is -0.121. The number of amides is 1. The van der Waals surface area contributed by atoms with Crippen molar-refractivity contribution in [2.24, 2.45) is 10.9 Å². The zero-order valence-electron chi connectivity index (χ0n) is 18.0. The molecule has 1 aliphatic carbocycles. The molecule has 3 rings (SSSR count). The first kappa shape index (κ1) is 21.5. The van der Waals surface area contributed by atoms with Crippen molar-refractivity contribution in [2.75, 3.05) is 33.7 Å². The number of rotatable bonds is 7. The number of carbonyl (C=O) groups excluding carboxylic acids is 1. The molecular formula is C23H36N4O2. The van der Waals surface area contributed by atoms with E-state index < -0.39 is 0 Å². The van der Waals surface area contributed by atoms with E-state index in [0.717, 1.165) is 50.6 Å². The van der Waals surface area contributed by atoms with Gasteiger partial charge in [-0.3, -0.25) is 9.79 Å². The van der Waals surface area contributed by atoms with Crippen LogP contribution in [0.1, 0.15) is 50.5 Å². The highest BCUT2D eigenvalue weighted by molar-refractivity contribution is 5.80. The predicted octanol–water partition coefficient (Wildman–Crippen LogP) is 2.97. The molecule has 1 saturated carbocycles. The van der Waals surface area contributed by atoms with Crippen LogP contribution in [0, 0.1) is 5.92 Å². The van der Waals surface area contributed by atoms with Gasteiger partial charge in [0.25, 0.3) is 0 Å². The molecule has 1 aromatic carbocycles. The number of hydrogen-bond acceptors (Lipinski definition) is 3. The quantitative estimate of drug-likeness (QED) is 0.546. The molecule has 2 aliphatic rings. The fourth-order valence-corrected chi connectivity index (χ4v) is 4.30. The predicted molar refractivity (Wildman–Crippen MR) is 117 cm³/mol. The molecule has 1 amide bonds. The van der Waals surface area contributed by atoms with E-state index in [9.17, 15) is 4.79 Å². The second-order valence-corrected chi connectivity index (χ2v) is 8.20. The molecule has 29 heavy (non-hydrogen) atoms. The van der Waals surface area contributed by atoms with Crippen LogP contribution in [0.2, 0.25) is 0 Å². The summed E-state index contributed by atoms with van der Waals surface area (Å²) in [4.78, 5) is 18.3. The van der Waals surface area contributed by atoms with Crippen LogP contribution >= 0.6 is 0 Å². The third-order valence-corrected chi connectivity index (χ3v) is 6.10.